The van der Waals surface area contributed by atoms with Gasteiger partial charge in [0.15, 0.2) is 6.10 Å². The SMILES string of the molecule is CCSC1CCCC1NC(=O)NCC1CCC(C(=O)O)O1. The van der Waals surface area contributed by atoms with Crippen molar-refractivity contribution in [3.05, 3.63) is 0 Å². The Kier molecular flexibility index (Phi) is 6.17. The van der Waals surface area contributed by atoms with Gasteiger partial charge in [0, 0.05) is 17.8 Å². The predicted octanol–water partition coefficient (Wildman–Crippen LogP) is 1.59. The molecule has 1 aliphatic carbocycles. The van der Waals surface area contributed by atoms with Gasteiger partial charge in [-0.05, 0) is 31.4 Å². The molecule has 1 heterocycles. The zero-order valence-electron chi connectivity index (χ0n) is 12.3. The maximum atomic E-state index is 11.9. The molecule has 1 saturated carbocycles. The van der Waals surface area contributed by atoms with Crippen LogP contribution in [0.3, 0.4) is 0 Å². The first-order valence-corrected chi connectivity index (χ1v) is 8.69. The number of thioether (sulfide) groups is 1. The molecule has 2 rings (SSSR count). The third-order valence-corrected chi connectivity index (χ3v) is 5.35. The highest BCUT2D eigenvalue weighted by molar-refractivity contribution is 7.99. The van der Waals surface area contributed by atoms with Crippen molar-refractivity contribution in [2.45, 2.75) is 62.5 Å². The fourth-order valence-electron chi connectivity index (χ4n) is 2.97. The van der Waals surface area contributed by atoms with E-state index in [1.165, 1.54) is 0 Å². The van der Waals surface area contributed by atoms with E-state index in [0.29, 0.717) is 24.6 Å². The molecule has 7 heteroatoms. The quantitative estimate of drug-likeness (QED) is 0.692. The summed E-state index contributed by atoms with van der Waals surface area (Å²) in [5.41, 5.74) is 0. The summed E-state index contributed by atoms with van der Waals surface area (Å²) in [7, 11) is 0. The Balaban J connectivity index is 1.67. The Morgan fingerprint density at radius 1 is 1.29 bits per heavy atom. The van der Waals surface area contributed by atoms with Gasteiger partial charge in [-0.3, -0.25) is 0 Å². The first-order chi connectivity index (χ1) is 10.1. The van der Waals surface area contributed by atoms with Crippen LogP contribution in [0.5, 0.6) is 0 Å². The molecular weight excluding hydrogens is 292 g/mol. The van der Waals surface area contributed by atoms with E-state index in [1.807, 2.05) is 11.8 Å². The molecule has 2 amide bonds. The highest BCUT2D eigenvalue weighted by Crippen LogP contribution is 2.29. The summed E-state index contributed by atoms with van der Waals surface area (Å²) in [6.45, 7) is 2.50. The van der Waals surface area contributed by atoms with E-state index in [-0.39, 0.29) is 18.2 Å². The summed E-state index contributed by atoms with van der Waals surface area (Å²) in [5, 5.41) is 15.2. The number of aliphatic carboxylic acids is 1. The average Bonchev–Trinajstić information content (AvgIpc) is 3.07. The molecule has 0 radical (unpaired) electrons. The van der Waals surface area contributed by atoms with Gasteiger partial charge < -0.3 is 20.5 Å². The van der Waals surface area contributed by atoms with Gasteiger partial charge in [-0.25, -0.2) is 9.59 Å². The monoisotopic (exact) mass is 316 g/mol. The van der Waals surface area contributed by atoms with Crippen LogP contribution in [0, 0.1) is 0 Å². The minimum Gasteiger partial charge on any atom is -0.479 e. The summed E-state index contributed by atoms with van der Waals surface area (Å²) in [6, 6.07) is 0.0668. The van der Waals surface area contributed by atoms with Crippen molar-refractivity contribution in [3.8, 4) is 0 Å². The van der Waals surface area contributed by atoms with Crippen molar-refractivity contribution < 1.29 is 19.4 Å². The minimum absolute atomic E-state index is 0.175. The zero-order chi connectivity index (χ0) is 15.2. The zero-order valence-corrected chi connectivity index (χ0v) is 13.2. The lowest BCUT2D eigenvalue weighted by Crippen LogP contribution is -2.46. The number of amides is 2. The smallest absolute Gasteiger partial charge is 0.332 e. The summed E-state index contributed by atoms with van der Waals surface area (Å²) in [6.07, 6.45) is 3.63. The van der Waals surface area contributed by atoms with Crippen molar-refractivity contribution >= 4 is 23.8 Å². The molecule has 0 aromatic carbocycles. The van der Waals surface area contributed by atoms with Crippen molar-refractivity contribution in [2.75, 3.05) is 12.3 Å². The number of carbonyl (C=O) groups is 2. The molecule has 1 aliphatic heterocycles. The molecule has 120 valence electrons. The van der Waals surface area contributed by atoms with E-state index < -0.39 is 12.1 Å². The van der Waals surface area contributed by atoms with Gasteiger partial charge in [-0.15, -0.1) is 0 Å². The standard InChI is InChI=1S/C14H24N2O4S/c1-2-21-12-5-3-4-10(12)16-14(19)15-8-9-6-7-11(20-9)13(17)18/h9-12H,2-8H2,1H3,(H,17,18)(H2,15,16,19). The van der Waals surface area contributed by atoms with Crippen LogP contribution in [-0.2, 0) is 9.53 Å². The molecule has 4 atom stereocenters. The molecule has 2 fully saturated rings. The van der Waals surface area contributed by atoms with Crippen molar-refractivity contribution in [1.29, 1.82) is 0 Å². The molecule has 2 aliphatic rings. The maximum Gasteiger partial charge on any atom is 0.332 e. The molecule has 0 aromatic rings. The Bertz CT molecular complexity index is 380. The van der Waals surface area contributed by atoms with Crippen molar-refractivity contribution in [1.82, 2.24) is 10.6 Å². The lowest BCUT2D eigenvalue weighted by Gasteiger charge is -2.21. The van der Waals surface area contributed by atoms with E-state index in [2.05, 4.69) is 17.6 Å². The first-order valence-electron chi connectivity index (χ1n) is 7.64. The fraction of sp³-hybridized carbons (Fsp3) is 0.857. The van der Waals surface area contributed by atoms with Crippen LogP contribution in [0.25, 0.3) is 0 Å². The largest absolute Gasteiger partial charge is 0.479 e. The lowest BCUT2D eigenvalue weighted by molar-refractivity contribution is -0.149. The van der Waals surface area contributed by atoms with Gasteiger partial charge in [-0.1, -0.05) is 13.3 Å². The van der Waals surface area contributed by atoms with Crippen LogP contribution in [0.1, 0.15) is 39.0 Å². The minimum atomic E-state index is -0.924. The Labute approximate surface area is 129 Å². The van der Waals surface area contributed by atoms with Gasteiger partial charge in [0.2, 0.25) is 0 Å². The molecule has 3 N–H and O–H groups in total. The van der Waals surface area contributed by atoms with E-state index >= 15 is 0 Å². The summed E-state index contributed by atoms with van der Waals surface area (Å²) >= 11 is 1.90. The number of carboxylic acid groups (broad SMARTS) is 1. The van der Waals surface area contributed by atoms with Crippen molar-refractivity contribution in [2.24, 2.45) is 0 Å². The Morgan fingerprint density at radius 2 is 2.10 bits per heavy atom. The molecule has 0 bridgehead atoms. The van der Waals surface area contributed by atoms with Crippen molar-refractivity contribution in [3.63, 3.8) is 0 Å². The lowest BCUT2D eigenvalue weighted by atomic mass is 10.2. The fourth-order valence-corrected chi connectivity index (χ4v) is 4.17. The number of rotatable bonds is 6. The first kappa shape index (κ1) is 16.4. The number of carbonyl (C=O) groups excluding carboxylic acids is 1. The van der Waals surface area contributed by atoms with Crippen LogP contribution in [0.2, 0.25) is 0 Å². The highest BCUT2D eigenvalue weighted by atomic mass is 32.2. The predicted molar refractivity (Wildman–Crippen MR) is 81.6 cm³/mol. The average molecular weight is 316 g/mol. The highest BCUT2D eigenvalue weighted by Gasteiger charge is 2.31. The third kappa shape index (κ3) is 4.78. The van der Waals surface area contributed by atoms with Crippen LogP contribution in [-0.4, -0.2) is 52.9 Å². The second-order valence-electron chi connectivity index (χ2n) is 5.55. The molecule has 1 saturated heterocycles. The molecular formula is C14H24N2O4S. The van der Waals surface area contributed by atoms with Crippen LogP contribution in [0.15, 0.2) is 0 Å². The van der Waals surface area contributed by atoms with Gasteiger partial charge in [-0.2, -0.15) is 11.8 Å². The van der Waals surface area contributed by atoms with Crippen LogP contribution in [0.4, 0.5) is 4.79 Å². The van der Waals surface area contributed by atoms with E-state index in [4.69, 9.17) is 9.84 Å². The molecule has 4 unspecified atom stereocenters. The Morgan fingerprint density at radius 3 is 2.76 bits per heavy atom. The second kappa shape index (κ2) is 7.89. The summed E-state index contributed by atoms with van der Waals surface area (Å²) < 4.78 is 5.36. The number of hydrogen-bond donors (Lipinski definition) is 3. The number of urea groups is 1. The molecule has 0 spiro atoms. The normalized spacial score (nSPS) is 32.0. The molecule has 6 nitrogen and oxygen atoms in total. The third-order valence-electron chi connectivity index (χ3n) is 4.02. The van der Waals surface area contributed by atoms with Gasteiger partial charge in [0.25, 0.3) is 0 Å². The van der Waals surface area contributed by atoms with Gasteiger partial charge >= 0.3 is 12.0 Å². The number of ether oxygens (including phenoxy) is 1. The Hall–Kier alpha value is -0.950. The number of carboxylic acids is 1. The summed E-state index contributed by atoms with van der Waals surface area (Å²) in [4.78, 5) is 22.7. The maximum absolute atomic E-state index is 11.9. The number of hydrogen-bond acceptors (Lipinski definition) is 4. The van der Waals surface area contributed by atoms with Crippen LogP contribution >= 0.6 is 11.8 Å². The van der Waals surface area contributed by atoms with Crippen LogP contribution < -0.4 is 10.6 Å². The van der Waals surface area contributed by atoms with Gasteiger partial charge in [0.1, 0.15) is 0 Å². The van der Waals surface area contributed by atoms with E-state index in [9.17, 15) is 9.59 Å². The van der Waals surface area contributed by atoms with E-state index in [1.54, 1.807) is 0 Å². The molecule has 21 heavy (non-hydrogen) atoms. The topological polar surface area (TPSA) is 87.7 Å². The molecule has 0 aromatic heterocycles. The number of nitrogens with one attached hydrogen (secondary N) is 2. The summed E-state index contributed by atoms with van der Waals surface area (Å²) in [5.74, 6) is 0.143. The second-order valence-corrected chi connectivity index (χ2v) is 7.06. The van der Waals surface area contributed by atoms with E-state index in [0.717, 1.165) is 25.0 Å². The van der Waals surface area contributed by atoms with Gasteiger partial charge in [0.05, 0.1) is 6.10 Å².